The van der Waals surface area contributed by atoms with Gasteiger partial charge in [0.15, 0.2) is 0 Å². The van der Waals surface area contributed by atoms with E-state index >= 15 is 0 Å². The van der Waals surface area contributed by atoms with E-state index in [0.29, 0.717) is 25.9 Å². The summed E-state index contributed by atoms with van der Waals surface area (Å²) in [7, 11) is 0. The van der Waals surface area contributed by atoms with Crippen LogP contribution in [0.4, 0.5) is 0 Å². The Kier molecular flexibility index (Phi) is 4.35. The molecule has 6 nitrogen and oxygen atoms in total. The summed E-state index contributed by atoms with van der Waals surface area (Å²) < 4.78 is 1.12. The van der Waals surface area contributed by atoms with Crippen molar-refractivity contribution in [3.05, 3.63) is 29.3 Å². The third kappa shape index (κ3) is 3.26. The molecule has 1 aliphatic rings. The molecule has 2 aromatic rings. The molecule has 7 heteroatoms. The summed E-state index contributed by atoms with van der Waals surface area (Å²) in [5.74, 6) is -0.921. The van der Waals surface area contributed by atoms with Crippen LogP contribution in [-0.2, 0) is 16.0 Å². The second-order valence-electron chi connectivity index (χ2n) is 5.26. The quantitative estimate of drug-likeness (QED) is 0.882. The van der Waals surface area contributed by atoms with E-state index in [1.54, 1.807) is 16.2 Å². The van der Waals surface area contributed by atoms with Crippen LogP contribution < -0.4 is 5.32 Å². The second kappa shape index (κ2) is 6.41. The minimum absolute atomic E-state index is 0.00740. The van der Waals surface area contributed by atoms with Gasteiger partial charge in [-0.05, 0) is 12.1 Å². The van der Waals surface area contributed by atoms with Gasteiger partial charge in [0.2, 0.25) is 5.91 Å². The lowest BCUT2D eigenvalue weighted by molar-refractivity contribution is -0.142. The zero-order chi connectivity index (χ0) is 15.5. The van der Waals surface area contributed by atoms with E-state index in [2.05, 4.69) is 10.3 Å². The third-order valence-electron chi connectivity index (χ3n) is 3.72. The summed E-state index contributed by atoms with van der Waals surface area (Å²) in [5, 5.41) is 12.9. The van der Waals surface area contributed by atoms with Crippen LogP contribution in [0.25, 0.3) is 10.2 Å². The Labute approximate surface area is 131 Å². The van der Waals surface area contributed by atoms with Crippen molar-refractivity contribution in [2.75, 3.05) is 19.6 Å². The number of aromatic nitrogens is 1. The molecule has 1 aliphatic heterocycles. The molecule has 0 unspecified atom stereocenters. The van der Waals surface area contributed by atoms with E-state index < -0.39 is 12.0 Å². The minimum atomic E-state index is -0.913. The van der Waals surface area contributed by atoms with Crippen molar-refractivity contribution in [1.29, 1.82) is 0 Å². The summed E-state index contributed by atoms with van der Waals surface area (Å²) >= 11 is 1.60. The van der Waals surface area contributed by atoms with Gasteiger partial charge in [-0.1, -0.05) is 12.1 Å². The molecule has 1 amide bonds. The molecule has 0 saturated carbocycles. The number of thiazole rings is 1. The average Bonchev–Trinajstić information content (AvgIpc) is 2.95. The van der Waals surface area contributed by atoms with E-state index in [9.17, 15) is 9.59 Å². The first-order valence-corrected chi connectivity index (χ1v) is 8.03. The first kappa shape index (κ1) is 14.9. The number of para-hydroxylation sites is 1. The predicted octanol–water partition coefficient (Wildman–Crippen LogP) is 1.11. The van der Waals surface area contributed by atoms with Crippen LogP contribution >= 0.6 is 11.3 Å². The lowest BCUT2D eigenvalue weighted by Crippen LogP contribution is -2.55. The number of carbonyl (C=O) groups is 2. The maximum absolute atomic E-state index is 12.2. The monoisotopic (exact) mass is 319 g/mol. The van der Waals surface area contributed by atoms with Crippen molar-refractivity contribution in [3.63, 3.8) is 0 Å². The number of nitrogens with one attached hydrogen (secondary N) is 1. The van der Waals surface area contributed by atoms with E-state index in [1.807, 2.05) is 24.3 Å². The first-order valence-electron chi connectivity index (χ1n) is 7.22. The molecule has 1 aromatic heterocycles. The zero-order valence-corrected chi connectivity index (χ0v) is 12.8. The Morgan fingerprint density at radius 3 is 3.00 bits per heavy atom. The molecule has 0 aliphatic carbocycles. The lowest BCUT2D eigenvalue weighted by atomic mass is 10.2. The van der Waals surface area contributed by atoms with Crippen molar-refractivity contribution in [2.45, 2.75) is 18.9 Å². The Balaban J connectivity index is 1.58. The average molecular weight is 319 g/mol. The molecular formula is C15H17N3O3S. The normalized spacial score (nSPS) is 18.5. The van der Waals surface area contributed by atoms with Gasteiger partial charge in [0, 0.05) is 32.5 Å². The summed E-state index contributed by atoms with van der Waals surface area (Å²) in [6, 6.07) is 7.24. The molecule has 1 aromatic carbocycles. The number of carboxylic acids is 1. The number of amides is 1. The highest BCUT2D eigenvalue weighted by molar-refractivity contribution is 7.18. The largest absolute Gasteiger partial charge is 0.480 e. The summed E-state index contributed by atoms with van der Waals surface area (Å²) in [6.45, 7) is 1.31. The van der Waals surface area contributed by atoms with Crippen molar-refractivity contribution < 1.29 is 14.7 Å². The summed E-state index contributed by atoms with van der Waals surface area (Å²) in [5.41, 5.74) is 0.961. The van der Waals surface area contributed by atoms with Gasteiger partial charge in [0.1, 0.15) is 6.04 Å². The number of piperazine rings is 1. The van der Waals surface area contributed by atoms with Crippen molar-refractivity contribution in [2.24, 2.45) is 0 Å². The SMILES string of the molecule is O=C(O)[C@H]1CN(C(=O)CCc2nc3ccccc3s2)CCN1. The number of aliphatic carboxylic acids is 1. The number of benzene rings is 1. The van der Waals surface area contributed by atoms with Crippen LogP contribution in [0, 0.1) is 0 Å². The fourth-order valence-corrected chi connectivity index (χ4v) is 3.51. The number of carbonyl (C=O) groups excluding carboxylic acids is 1. The Morgan fingerprint density at radius 1 is 1.41 bits per heavy atom. The maximum Gasteiger partial charge on any atom is 0.322 e. The molecule has 0 spiro atoms. The number of nitrogens with zero attached hydrogens (tertiary/aromatic N) is 2. The highest BCUT2D eigenvalue weighted by Crippen LogP contribution is 2.22. The molecular weight excluding hydrogens is 302 g/mol. The van der Waals surface area contributed by atoms with Crippen LogP contribution in [0.15, 0.2) is 24.3 Å². The minimum Gasteiger partial charge on any atom is -0.480 e. The van der Waals surface area contributed by atoms with Gasteiger partial charge in [-0.2, -0.15) is 0 Å². The highest BCUT2D eigenvalue weighted by Gasteiger charge is 2.27. The van der Waals surface area contributed by atoms with Gasteiger partial charge in [-0.15, -0.1) is 11.3 Å². The van der Waals surface area contributed by atoms with Crippen molar-refractivity contribution in [1.82, 2.24) is 15.2 Å². The predicted molar refractivity (Wildman–Crippen MR) is 83.9 cm³/mol. The second-order valence-corrected chi connectivity index (χ2v) is 6.38. The van der Waals surface area contributed by atoms with Gasteiger partial charge >= 0.3 is 5.97 Å². The van der Waals surface area contributed by atoms with Crippen LogP contribution in [0.1, 0.15) is 11.4 Å². The number of aryl methyl sites for hydroxylation is 1. The molecule has 22 heavy (non-hydrogen) atoms. The Hall–Kier alpha value is -1.99. The molecule has 1 fully saturated rings. The molecule has 2 N–H and O–H groups in total. The molecule has 1 atom stereocenters. The lowest BCUT2D eigenvalue weighted by Gasteiger charge is -2.31. The van der Waals surface area contributed by atoms with Crippen LogP contribution in [0.5, 0.6) is 0 Å². The Morgan fingerprint density at radius 2 is 2.23 bits per heavy atom. The van der Waals surface area contributed by atoms with Crippen LogP contribution in [0.2, 0.25) is 0 Å². The molecule has 0 bridgehead atoms. The summed E-state index contributed by atoms with van der Waals surface area (Å²) in [6.07, 6.45) is 0.964. The maximum atomic E-state index is 12.2. The highest BCUT2D eigenvalue weighted by atomic mass is 32.1. The van der Waals surface area contributed by atoms with Gasteiger partial charge in [0.25, 0.3) is 0 Å². The standard InChI is InChI=1S/C15H17N3O3S/c19-14(18-8-7-16-11(9-18)15(20)21)6-5-13-17-10-3-1-2-4-12(10)22-13/h1-4,11,16H,5-9H2,(H,20,21)/t11-/m1/s1. The smallest absolute Gasteiger partial charge is 0.322 e. The van der Waals surface area contributed by atoms with E-state index in [4.69, 9.17) is 5.11 Å². The van der Waals surface area contributed by atoms with E-state index in [-0.39, 0.29) is 12.5 Å². The molecule has 0 radical (unpaired) electrons. The van der Waals surface area contributed by atoms with E-state index in [0.717, 1.165) is 15.2 Å². The number of fused-ring (bicyclic) bond motifs is 1. The van der Waals surface area contributed by atoms with Crippen LogP contribution in [0.3, 0.4) is 0 Å². The third-order valence-corrected chi connectivity index (χ3v) is 4.81. The molecule has 2 heterocycles. The number of hydrogen-bond acceptors (Lipinski definition) is 5. The van der Waals surface area contributed by atoms with Crippen molar-refractivity contribution >= 4 is 33.4 Å². The van der Waals surface area contributed by atoms with Crippen LogP contribution in [-0.4, -0.2) is 52.5 Å². The van der Waals surface area contributed by atoms with Gasteiger partial charge in [-0.3, -0.25) is 9.59 Å². The van der Waals surface area contributed by atoms with Gasteiger partial charge in [0.05, 0.1) is 15.2 Å². The Bertz CT molecular complexity index is 667. The zero-order valence-electron chi connectivity index (χ0n) is 12.0. The fourth-order valence-electron chi connectivity index (χ4n) is 2.54. The topological polar surface area (TPSA) is 82.5 Å². The van der Waals surface area contributed by atoms with Gasteiger partial charge in [-0.25, -0.2) is 4.98 Å². The molecule has 1 saturated heterocycles. The molecule has 116 valence electrons. The number of hydrogen-bond donors (Lipinski definition) is 2. The first-order chi connectivity index (χ1) is 10.6. The van der Waals surface area contributed by atoms with E-state index in [1.165, 1.54) is 0 Å². The van der Waals surface area contributed by atoms with Gasteiger partial charge < -0.3 is 15.3 Å². The fraction of sp³-hybridized carbons (Fsp3) is 0.400. The summed E-state index contributed by atoms with van der Waals surface area (Å²) in [4.78, 5) is 29.4. The number of rotatable bonds is 4. The molecule has 3 rings (SSSR count). The van der Waals surface area contributed by atoms with Crippen molar-refractivity contribution in [3.8, 4) is 0 Å². The number of carboxylic acid groups (broad SMARTS) is 1.